The van der Waals surface area contributed by atoms with Crippen molar-refractivity contribution in [2.24, 2.45) is 0 Å². The van der Waals surface area contributed by atoms with Crippen LogP contribution in [0.5, 0.6) is 5.75 Å². The lowest BCUT2D eigenvalue weighted by molar-refractivity contribution is -0.147. The number of methoxy groups -OCH3 is 1. The van der Waals surface area contributed by atoms with Crippen molar-refractivity contribution in [3.63, 3.8) is 0 Å². The molecule has 0 bridgehead atoms. The Bertz CT molecular complexity index is 1040. The Kier molecular flexibility index (Phi) is 7.07. The standard InChI is InChI=1S/C24H27N3O4/c1-5-31-24(29)23(25-21(28)15-18-11-13-20(30-4)14-12-18)22-16(2)26-27(17(22)3)19-9-7-6-8-10-19/h6-14,23H,5,15H2,1-4H3,(H,25,28)/t23-/m1/s1. The van der Waals surface area contributed by atoms with Crippen LogP contribution in [0.25, 0.3) is 5.69 Å². The minimum Gasteiger partial charge on any atom is -0.497 e. The molecule has 0 unspecified atom stereocenters. The molecular formula is C24H27N3O4. The number of rotatable bonds is 8. The molecular weight excluding hydrogens is 394 g/mol. The van der Waals surface area contributed by atoms with Gasteiger partial charge >= 0.3 is 5.97 Å². The number of benzene rings is 2. The summed E-state index contributed by atoms with van der Waals surface area (Å²) in [6.45, 7) is 5.66. The normalized spacial score (nSPS) is 11.6. The number of para-hydroxylation sites is 1. The quantitative estimate of drug-likeness (QED) is 0.563. The molecule has 162 valence electrons. The molecule has 0 aliphatic rings. The summed E-state index contributed by atoms with van der Waals surface area (Å²) in [6, 6.07) is 15.9. The topological polar surface area (TPSA) is 82.4 Å². The van der Waals surface area contributed by atoms with Crippen molar-refractivity contribution in [1.29, 1.82) is 0 Å². The Balaban J connectivity index is 1.88. The van der Waals surface area contributed by atoms with Crippen LogP contribution in [-0.2, 0) is 20.7 Å². The van der Waals surface area contributed by atoms with E-state index in [9.17, 15) is 9.59 Å². The molecule has 7 heteroatoms. The second kappa shape index (κ2) is 9.93. The minimum absolute atomic E-state index is 0.130. The second-order valence-electron chi connectivity index (χ2n) is 7.11. The molecule has 1 aromatic heterocycles. The number of hydrogen-bond acceptors (Lipinski definition) is 5. The first-order valence-corrected chi connectivity index (χ1v) is 10.1. The molecule has 0 saturated heterocycles. The third-order valence-electron chi connectivity index (χ3n) is 4.99. The average Bonchev–Trinajstić information content (AvgIpc) is 3.07. The molecule has 0 aliphatic carbocycles. The predicted octanol–water partition coefficient (Wildman–Crippen LogP) is 3.46. The molecule has 0 radical (unpaired) electrons. The monoisotopic (exact) mass is 421 g/mol. The lowest BCUT2D eigenvalue weighted by Gasteiger charge is -2.18. The molecule has 0 fully saturated rings. The van der Waals surface area contributed by atoms with Gasteiger partial charge in [-0.1, -0.05) is 30.3 Å². The summed E-state index contributed by atoms with van der Waals surface area (Å²) in [4.78, 5) is 25.6. The van der Waals surface area contributed by atoms with E-state index in [0.29, 0.717) is 17.0 Å². The zero-order valence-electron chi connectivity index (χ0n) is 18.2. The van der Waals surface area contributed by atoms with Crippen molar-refractivity contribution in [1.82, 2.24) is 15.1 Å². The number of nitrogens with one attached hydrogen (secondary N) is 1. The van der Waals surface area contributed by atoms with Gasteiger partial charge in [-0.25, -0.2) is 9.48 Å². The van der Waals surface area contributed by atoms with Gasteiger partial charge in [-0.05, 0) is 50.6 Å². The Morgan fingerprint density at radius 1 is 1.06 bits per heavy atom. The van der Waals surface area contributed by atoms with E-state index in [-0.39, 0.29) is 18.9 Å². The van der Waals surface area contributed by atoms with E-state index < -0.39 is 12.0 Å². The maximum Gasteiger partial charge on any atom is 0.333 e. The van der Waals surface area contributed by atoms with Gasteiger partial charge in [-0.3, -0.25) is 4.79 Å². The molecule has 1 heterocycles. The zero-order chi connectivity index (χ0) is 22.4. The third-order valence-corrected chi connectivity index (χ3v) is 4.99. The van der Waals surface area contributed by atoms with Crippen molar-refractivity contribution in [3.05, 3.63) is 77.1 Å². The van der Waals surface area contributed by atoms with Crippen molar-refractivity contribution < 1.29 is 19.1 Å². The molecule has 31 heavy (non-hydrogen) atoms. The molecule has 3 aromatic rings. The van der Waals surface area contributed by atoms with Crippen LogP contribution in [0.1, 0.15) is 35.5 Å². The largest absolute Gasteiger partial charge is 0.497 e. The van der Waals surface area contributed by atoms with Crippen LogP contribution in [0.4, 0.5) is 0 Å². The number of hydrogen-bond donors (Lipinski definition) is 1. The number of carbonyl (C=O) groups excluding carboxylic acids is 2. The average molecular weight is 421 g/mol. The van der Waals surface area contributed by atoms with Gasteiger partial charge in [0.15, 0.2) is 6.04 Å². The lowest BCUT2D eigenvalue weighted by Crippen LogP contribution is -2.36. The lowest BCUT2D eigenvalue weighted by atomic mass is 10.0. The summed E-state index contributed by atoms with van der Waals surface area (Å²) < 4.78 is 12.2. The smallest absolute Gasteiger partial charge is 0.333 e. The Labute approximate surface area is 182 Å². The van der Waals surface area contributed by atoms with Crippen LogP contribution in [0.15, 0.2) is 54.6 Å². The van der Waals surface area contributed by atoms with E-state index in [0.717, 1.165) is 16.9 Å². The summed E-state index contributed by atoms with van der Waals surface area (Å²) in [5, 5.41) is 7.44. The van der Waals surface area contributed by atoms with Crippen LogP contribution >= 0.6 is 0 Å². The molecule has 3 rings (SSSR count). The number of amides is 1. The van der Waals surface area contributed by atoms with Gasteiger partial charge in [-0.15, -0.1) is 0 Å². The number of aryl methyl sites for hydroxylation is 1. The van der Waals surface area contributed by atoms with Crippen molar-refractivity contribution in [3.8, 4) is 11.4 Å². The van der Waals surface area contributed by atoms with Crippen LogP contribution in [0.3, 0.4) is 0 Å². The molecule has 0 aliphatic heterocycles. The first-order chi connectivity index (χ1) is 14.9. The zero-order valence-corrected chi connectivity index (χ0v) is 18.2. The highest BCUT2D eigenvalue weighted by Gasteiger charge is 2.30. The van der Waals surface area contributed by atoms with Crippen molar-refractivity contribution in [2.75, 3.05) is 13.7 Å². The number of carbonyl (C=O) groups is 2. The fraction of sp³-hybridized carbons (Fsp3) is 0.292. The van der Waals surface area contributed by atoms with Crippen molar-refractivity contribution >= 4 is 11.9 Å². The first-order valence-electron chi connectivity index (χ1n) is 10.1. The maximum absolute atomic E-state index is 12.8. The fourth-order valence-corrected chi connectivity index (χ4v) is 3.51. The second-order valence-corrected chi connectivity index (χ2v) is 7.11. The van der Waals surface area contributed by atoms with E-state index >= 15 is 0 Å². The Morgan fingerprint density at radius 2 is 1.74 bits per heavy atom. The highest BCUT2D eigenvalue weighted by Crippen LogP contribution is 2.25. The molecule has 2 aromatic carbocycles. The summed E-state index contributed by atoms with van der Waals surface area (Å²) in [5.74, 6) is -0.0768. The molecule has 1 amide bonds. The van der Waals surface area contributed by atoms with Crippen LogP contribution < -0.4 is 10.1 Å². The number of esters is 1. The van der Waals surface area contributed by atoms with Crippen LogP contribution in [0.2, 0.25) is 0 Å². The molecule has 0 spiro atoms. The first kappa shape index (κ1) is 22.1. The van der Waals surface area contributed by atoms with E-state index in [1.807, 2.05) is 56.3 Å². The summed E-state index contributed by atoms with van der Waals surface area (Å²) in [7, 11) is 1.59. The van der Waals surface area contributed by atoms with Gasteiger partial charge in [0.05, 0.1) is 31.5 Å². The SMILES string of the molecule is CCOC(=O)[C@H](NC(=O)Cc1ccc(OC)cc1)c1c(C)nn(-c2ccccc2)c1C. The highest BCUT2D eigenvalue weighted by molar-refractivity contribution is 5.87. The molecule has 1 N–H and O–H groups in total. The number of ether oxygens (including phenoxy) is 2. The van der Waals surface area contributed by atoms with Gasteiger partial charge in [0.25, 0.3) is 0 Å². The van der Waals surface area contributed by atoms with Gasteiger partial charge in [0, 0.05) is 11.3 Å². The summed E-state index contributed by atoms with van der Waals surface area (Å²) in [5.41, 5.74) is 3.76. The molecule has 0 saturated carbocycles. The van der Waals surface area contributed by atoms with Gasteiger partial charge in [0.2, 0.25) is 5.91 Å². The fourth-order valence-electron chi connectivity index (χ4n) is 3.51. The summed E-state index contributed by atoms with van der Waals surface area (Å²) >= 11 is 0. The third kappa shape index (κ3) is 5.12. The van der Waals surface area contributed by atoms with Crippen molar-refractivity contribution in [2.45, 2.75) is 33.2 Å². The van der Waals surface area contributed by atoms with E-state index in [1.54, 1.807) is 30.8 Å². The Hall–Kier alpha value is -3.61. The van der Waals surface area contributed by atoms with Crippen LogP contribution in [-0.4, -0.2) is 35.4 Å². The number of nitrogens with zero attached hydrogens (tertiary/aromatic N) is 2. The molecule has 7 nitrogen and oxygen atoms in total. The van der Waals surface area contributed by atoms with E-state index in [1.165, 1.54) is 0 Å². The van der Waals surface area contributed by atoms with Crippen LogP contribution in [0, 0.1) is 13.8 Å². The van der Waals surface area contributed by atoms with E-state index in [2.05, 4.69) is 10.4 Å². The highest BCUT2D eigenvalue weighted by atomic mass is 16.5. The summed E-state index contributed by atoms with van der Waals surface area (Å²) in [6.07, 6.45) is 0.130. The number of aromatic nitrogens is 2. The van der Waals surface area contributed by atoms with Gasteiger partial charge < -0.3 is 14.8 Å². The minimum atomic E-state index is -0.942. The van der Waals surface area contributed by atoms with Gasteiger partial charge in [-0.2, -0.15) is 5.10 Å². The predicted molar refractivity (Wildman–Crippen MR) is 117 cm³/mol. The van der Waals surface area contributed by atoms with Gasteiger partial charge in [0.1, 0.15) is 5.75 Å². The van der Waals surface area contributed by atoms with E-state index in [4.69, 9.17) is 9.47 Å². The maximum atomic E-state index is 12.8. The Morgan fingerprint density at radius 3 is 2.35 bits per heavy atom. The molecule has 1 atom stereocenters.